The van der Waals surface area contributed by atoms with Crippen molar-refractivity contribution in [2.75, 3.05) is 0 Å². The molecule has 11 heavy (non-hydrogen) atoms. The lowest BCUT2D eigenvalue weighted by Gasteiger charge is -2.09. The maximum Gasteiger partial charge on any atom is 0.149 e. The molecule has 1 aromatic heterocycles. The molecule has 0 amide bonds. The molecule has 1 N–H and O–H groups in total. The van der Waals surface area contributed by atoms with E-state index < -0.39 is 0 Å². The molecule has 0 aliphatic rings. The van der Waals surface area contributed by atoms with E-state index in [0.717, 1.165) is 0 Å². The number of hydrogen-bond donors (Lipinski definition) is 1. The Morgan fingerprint density at radius 3 is 2.64 bits per heavy atom. The van der Waals surface area contributed by atoms with Gasteiger partial charge in [0.15, 0.2) is 0 Å². The molecule has 0 saturated carbocycles. The van der Waals surface area contributed by atoms with E-state index >= 15 is 0 Å². The van der Waals surface area contributed by atoms with E-state index in [4.69, 9.17) is 12.2 Å². The van der Waals surface area contributed by atoms with Crippen LogP contribution >= 0.6 is 12.2 Å². The van der Waals surface area contributed by atoms with Crippen LogP contribution in [0.2, 0.25) is 0 Å². The third kappa shape index (κ3) is 1.80. The Hall–Kier alpha value is -0.830. The molecule has 1 heterocycles. The first-order valence-electron chi connectivity index (χ1n) is 3.52. The van der Waals surface area contributed by atoms with Gasteiger partial charge in [0.25, 0.3) is 0 Å². The number of pyridine rings is 1. The van der Waals surface area contributed by atoms with Gasteiger partial charge in [-0.25, -0.2) is 0 Å². The Balaban J connectivity index is 3.15. The third-order valence-corrected chi connectivity index (χ3v) is 1.86. The SMILES string of the molecule is CC(C)n1ccc(=S)c(O)c1. The minimum atomic E-state index is 0.177. The van der Waals surface area contributed by atoms with Gasteiger partial charge in [-0.3, -0.25) is 0 Å². The molecule has 0 aromatic carbocycles. The van der Waals surface area contributed by atoms with E-state index in [1.165, 1.54) is 0 Å². The van der Waals surface area contributed by atoms with E-state index in [0.29, 0.717) is 10.6 Å². The Bertz CT molecular complexity index is 303. The van der Waals surface area contributed by atoms with Crippen LogP contribution in [0.3, 0.4) is 0 Å². The van der Waals surface area contributed by atoms with E-state index in [2.05, 4.69) is 0 Å². The van der Waals surface area contributed by atoms with Gasteiger partial charge in [-0.2, -0.15) is 0 Å². The second-order valence-electron chi connectivity index (χ2n) is 2.74. The molecule has 3 heteroatoms. The number of aromatic hydroxyl groups is 1. The van der Waals surface area contributed by atoms with Crippen LogP contribution in [-0.2, 0) is 0 Å². The quantitative estimate of drug-likeness (QED) is 0.653. The highest BCUT2D eigenvalue weighted by atomic mass is 32.1. The van der Waals surface area contributed by atoms with Gasteiger partial charge in [-0.15, -0.1) is 0 Å². The van der Waals surface area contributed by atoms with Gasteiger partial charge in [0, 0.05) is 18.4 Å². The molecular formula is C8H11NOS. The zero-order valence-corrected chi connectivity index (χ0v) is 7.43. The average molecular weight is 169 g/mol. The lowest BCUT2D eigenvalue weighted by atomic mass is 10.3. The van der Waals surface area contributed by atoms with E-state index in [-0.39, 0.29) is 5.75 Å². The smallest absolute Gasteiger partial charge is 0.149 e. The molecule has 0 radical (unpaired) electrons. The summed E-state index contributed by atoms with van der Waals surface area (Å²) in [5.74, 6) is 0.177. The van der Waals surface area contributed by atoms with Gasteiger partial charge in [-0.1, -0.05) is 12.2 Å². The first-order chi connectivity index (χ1) is 5.11. The van der Waals surface area contributed by atoms with Gasteiger partial charge >= 0.3 is 0 Å². The molecule has 0 aliphatic carbocycles. The predicted molar refractivity (Wildman–Crippen MR) is 47.3 cm³/mol. The van der Waals surface area contributed by atoms with Crippen LogP contribution in [-0.4, -0.2) is 9.67 Å². The highest BCUT2D eigenvalue weighted by molar-refractivity contribution is 7.71. The van der Waals surface area contributed by atoms with E-state index in [1.54, 1.807) is 12.3 Å². The molecule has 0 saturated heterocycles. The van der Waals surface area contributed by atoms with Crippen LogP contribution in [0.15, 0.2) is 18.5 Å². The first kappa shape index (κ1) is 8.27. The molecule has 2 nitrogen and oxygen atoms in total. The molecule has 0 bridgehead atoms. The van der Waals surface area contributed by atoms with Crippen LogP contribution < -0.4 is 0 Å². The lowest BCUT2D eigenvalue weighted by molar-refractivity contribution is 0.458. The van der Waals surface area contributed by atoms with Crippen LogP contribution in [0.25, 0.3) is 0 Å². The fourth-order valence-electron chi connectivity index (χ4n) is 0.808. The van der Waals surface area contributed by atoms with Crippen LogP contribution in [0, 0.1) is 4.51 Å². The molecule has 0 atom stereocenters. The summed E-state index contributed by atoms with van der Waals surface area (Å²) in [4.78, 5) is 0. The Labute approximate surface area is 71.1 Å². The molecular weight excluding hydrogens is 158 g/mol. The van der Waals surface area contributed by atoms with Crippen LogP contribution in [0.4, 0.5) is 0 Å². The van der Waals surface area contributed by atoms with Gasteiger partial charge in [-0.05, 0) is 19.9 Å². The van der Waals surface area contributed by atoms with Gasteiger partial charge in [0.05, 0.1) is 4.51 Å². The largest absolute Gasteiger partial charge is 0.505 e. The fourth-order valence-corrected chi connectivity index (χ4v) is 0.922. The van der Waals surface area contributed by atoms with E-state index in [9.17, 15) is 5.11 Å². The molecule has 0 fully saturated rings. The molecule has 1 aromatic rings. The van der Waals surface area contributed by atoms with Crippen molar-refractivity contribution in [3.05, 3.63) is 23.0 Å². The minimum Gasteiger partial charge on any atom is -0.505 e. The van der Waals surface area contributed by atoms with E-state index in [1.807, 2.05) is 24.6 Å². The standard InChI is InChI=1S/C8H11NOS/c1-6(2)9-4-3-8(11)7(10)5-9/h3-6,10H,1-2H3. The number of hydrogen-bond acceptors (Lipinski definition) is 2. The van der Waals surface area contributed by atoms with Crippen molar-refractivity contribution in [3.63, 3.8) is 0 Å². The zero-order chi connectivity index (χ0) is 8.43. The summed E-state index contributed by atoms with van der Waals surface area (Å²) in [6, 6.07) is 2.08. The number of rotatable bonds is 1. The minimum absolute atomic E-state index is 0.177. The fraction of sp³-hybridized carbons (Fsp3) is 0.375. The summed E-state index contributed by atoms with van der Waals surface area (Å²) in [5.41, 5.74) is 0. The summed E-state index contributed by atoms with van der Waals surface area (Å²) in [7, 11) is 0. The predicted octanol–water partition coefficient (Wildman–Crippen LogP) is 2.50. The first-order valence-corrected chi connectivity index (χ1v) is 3.93. The lowest BCUT2D eigenvalue weighted by Crippen LogP contribution is -1.99. The second-order valence-corrected chi connectivity index (χ2v) is 3.18. The molecule has 1 rings (SSSR count). The van der Waals surface area contributed by atoms with Crippen LogP contribution in [0.1, 0.15) is 19.9 Å². The summed E-state index contributed by atoms with van der Waals surface area (Å²) >= 11 is 4.84. The molecule has 0 aliphatic heterocycles. The number of aromatic nitrogens is 1. The monoisotopic (exact) mass is 169 g/mol. The maximum absolute atomic E-state index is 9.22. The van der Waals surface area contributed by atoms with Crippen molar-refractivity contribution in [3.8, 4) is 5.75 Å². The summed E-state index contributed by atoms with van der Waals surface area (Å²) in [5, 5.41) is 9.22. The Kier molecular flexibility index (Phi) is 2.29. The third-order valence-electron chi connectivity index (χ3n) is 1.52. The summed E-state index contributed by atoms with van der Waals surface area (Å²) in [6.07, 6.45) is 3.51. The summed E-state index contributed by atoms with van der Waals surface area (Å²) < 4.78 is 2.41. The van der Waals surface area contributed by atoms with Crippen molar-refractivity contribution in [2.24, 2.45) is 0 Å². The van der Waals surface area contributed by atoms with Crippen molar-refractivity contribution < 1.29 is 5.11 Å². The topological polar surface area (TPSA) is 25.2 Å². The normalized spacial score (nSPS) is 10.5. The van der Waals surface area contributed by atoms with Crippen molar-refractivity contribution in [2.45, 2.75) is 19.9 Å². The Morgan fingerprint density at radius 1 is 1.55 bits per heavy atom. The van der Waals surface area contributed by atoms with Gasteiger partial charge in [0.1, 0.15) is 5.75 Å². The average Bonchev–Trinajstić information content (AvgIpc) is 1.94. The molecule has 60 valence electrons. The maximum atomic E-state index is 9.22. The number of nitrogens with zero attached hydrogens (tertiary/aromatic N) is 1. The van der Waals surface area contributed by atoms with Crippen molar-refractivity contribution in [1.82, 2.24) is 4.57 Å². The highest BCUT2D eigenvalue weighted by Gasteiger charge is 1.96. The second kappa shape index (κ2) is 3.05. The molecule has 0 unspecified atom stereocenters. The van der Waals surface area contributed by atoms with Crippen molar-refractivity contribution >= 4 is 12.2 Å². The highest BCUT2D eigenvalue weighted by Crippen LogP contribution is 2.13. The zero-order valence-electron chi connectivity index (χ0n) is 6.61. The van der Waals surface area contributed by atoms with Gasteiger partial charge < -0.3 is 9.67 Å². The van der Waals surface area contributed by atoms with Crippen LogP contribution in [0.5, 0.6) is 5.75 Å². The van der Waals surface area contributed by atoms with Crippen molar-refractivity contribution in [1.29, 1.82) is 0 Å². The van der Waals surface area contributed by atoms with Gasteiger partial charge in [0.2, 0.25) is 0 Å². The Morgan fingerprint density at radius 2 is 2.18 bits per heavy atom. The molecule has 0 spiro atoms. The summed E-state index contributed by atoms with van der Waals surface area (Å²) in [6.45, 7) is 4.09.